The highest BCUT2D eigenvalue weighted by Gasteiger charge is 2.31. The van der Waals surface area contributed by atoms with Crippen LogP contribution in [0, 0.1) is 16.0 Å². The van der Waals surface area contributed by atoms with Crippen molar-refractivity contribution in [1.29, 1.82) is 0 Å². The Labute approximate surface area is 158 Å². The van der Waals surface area contributed by atoms with Gasteiger partial charge in [0.1, 0.15) is 6.61 Å². The lowest BCUT2D eigenvalue weighted by atomic mass is 9.86. The first-order chi connectivity index (χ1) is 12.8. The monoisotopic (exact) mass is 369 g/mol. The number of nitrogens with zero attached hydrogens (tertiary/aromatic N) is 1. The fraction of sp³-hybridized carbons (Fsp3) is 0.286. The van der Waals surface area contributed by atoms with Crippen molar-refractivity contribution >= 4 is 17.7 Å². The van der Waals surface area contributed by atoms with Gasteiger partial charge in [-0.15, -0.1) is 0 Å². The number of aliphatic hydroxyl groups is 1. The molecule has 0 aromatic heterocycles. The average Bonchev–Trinajstić information content (AvgIpc) is 2.66. The van der Waals surface area contributed by atoms with Gasteiger partial charge in [-0.25, -0.2) is 0 Å². The largest absolute Gasteiger partial charge is 0.461 e. The molecule has 142 valence electrons. The summed E-state index contributed by atoms with van der Waals surface area (Å²) in [4.78, 5) is 22.4. The predicted octanol–water partition coefficient (Wildman–Crippen LogP) is 4.13. The molecule has 2 aromatic rings. The van der Waals surface area contributed by atoms with Crippen LogP contribution < -0.4 is 0 Å². The normalized spacial score (nSPS) is 13.5. The number of rotatable bonds is 8. The van der Waals surface area contributed by atoms with Crippen molar-refractivity contribution in [3.63, 3.8) is 0 Å². The zero-order valence-electron chi connectivity index (χ0n) is 15.4. The summed E-state index contributed by atoms with van der Waals surface area (Å²) < 4.78 is 5.26. The maximum absolute atomic E-state index is 12.2. The van der Waals surface area contributed by atoms with Crippen molar-refractivity contribution < 1.29 is 19.6 Å². The van der Waals surface area contributed by atoms with Gasteiger partial charge >= 0.3 is 5.97 Å². The number of ether oxygens (including phenoxy) is 1. The van der Waals surface area contributed by atoms with Crippen molar-refractivity contribution in [2.75, 3.05) is 0 Å². The Kier molecular flexibility index (Phi) is 6.85. The van der Waals surface area contributed by atoms with Gasteiger partial charge in [0, 0.05) is 12.1 Å². The predicted molar refractivity (Wildman–Crippen MR) is 103 cm³/mol. The summed E-state index contributed by atoms with van der Waals surface area (Å²) in [6.45, 7) is 3.77. The molecule has 27 heavy (non-hydrogen) atoms. The van der Waals surface area contributed by atoms with E-state index in [0.29, 0.717) is 5.56 Å². The maximum atomic E-state index is 12.2. The highest BCUT2D eigenvalue weighted by molar-refractivity contribution is 5.71. The molecule has 0 radical (unpaired) electrons. The number of esters is 1. The fourth-order valence-electron chi connectivity index (χ4n) is 2.42. The molecular formula is C21H23NO5. The molecule has 6 nitrogen and oxygen atoms in total. The van der Waals surface area contributed by atoms with Gasteiger partial charge in [-0.2, -0.15) is 0 Å². The molecule has 0 spiro atoms. The van der Waals surface area contributed by atoms with Gasteiger partial charge in [-0.3, -0.25) is 14.9 Å². The SMILES string of the molecule is CC(C)C(O)(C=Cc1ccc([N+](=O)[O-])cc1)CC(=O)OCc1ccccc1. The number of carbonyl (C=O) groups excluding carboxylic acids is 1. The van der Waals surface area contributed by atoms with Crippen molar-refractivity contribution in [2.24, 2.45) is 5.92 Å². The Hall–Kier alpha value is -2.99. The summed E-state index contributed by atoms with van der Waals surface area (Å²) in [7, 11) is 0. The standard InChI is InChI=1S/C21H23NO5/c1-16(2)21(24,13-12-17-8-10-19(11-9-17)22(25)26)14-20(23)27-15-18-6-4-3-5-7-18/h3-13,16,24H,14-15H2,1-2H3. The molecule has 0 bridgehead atoms. The molecule has 1 N–H and O–H groups in total. The van der Waals surface area contributed by atoms with Crippen LogP contribution in [0.1, 0.15) is 31.4 Å². The number of hydrogen-bond donors (Lipinski definition) is 1. The molecule has 1 unspecified atom stereocenters. The molecule has 6 heteroatoms. The highest BCUT2D eigenvalue weighted by atomic mass is 16.6. The third kappa shape index (κ3) is 6.04. The van der Waals surface area contributed by atoms with E-state index in [2.05, 4.69) is 0 Å². The van der Waals surface area contributed by atoms with Crippen LogP contribution in [0.2, 0.25) is 0 Å². The molecule has 2 aromatic carbocycles. The number of benzene rings is 2. The molecule has 0 amide bonds. The van der Waals surface area contributed by atoms with Gasteiger partial charge < -0.3 is 9.84 Å². The van der Waals surface area contributed by atoms with Gasteiger partial charge in [0.2, 0.25) is 0 Å². The van der Waals surface area contributed by atoms with E-state index in [0.717, 1.165) is 5.56 Å². The number of carbonyl (C=O) groups is 1. The Bertz CT molecular complexity index is 799. The third-order valence-corrected chi connectivity index (χ3v) is 4.34. The second kappa shape index (κ2) is 9.09. The van der Waals surface area contributed by atoms with Crippen molar-refractivity contribution in [2.45, 2.75) is 32.5 Å². The van der Waals surface area contributed by atoms with E-state index in [9.17, 15) is 20.0 Å². The lowest BCUT2D eigenvalue weighted by Gasteiger charge is -2.28. The molecule has 0 saturated carbocycles. The fourth-order valence-corrected chi connectivity index (χ4v) is 2.42. The van der Waals surface area contributed by atoms with E-state index >= 15 is 0 Å². The molecule has 1 atom stereocenters. The lowest BCUT2D eigenvalue weighted by molar-refractivity contribution is -0.384. The van der Waals surface area contributed by atoms with E-state index in [-0.39, 0.29) is 24.6 Å². The van der Waals surface area contributed by atoms with E-state index in [1.54, 1.807) is 24.3 Å². The summed E-state index contributed by atoms with van der Waals surface area (Å²) in [5.41, 5.74) is 0.184. The van der Waals surface area contributed by atoms with E-state index in [1.807, 2.05) is 44.2 Å². The molecular weight excluding hydrogens is 346 g/mol. The Morgan fingerprint density at radius 3 is 2.37 bits per heavy atom. The summed E-state index contributed by atoms with van der Waals surface area (Å²) in [6.07, 6.45) is 3.01. The molecule has 0 aliphatic rings. The summed E-state index contributed by atoms with van der Waals surface area (Å²) >= 11 is 0. The molecule has 0 fully saturated rings. The highest BCUT2D eigenvalue weighted by Crippen LogP contribution is 2.25. The van der Waals surface area contributed by atoms with Gasteiger partial charge in [-0.1, -0.05) is 56.3 Å². The van der Waals surface area contributed by atoms with Crippen LogP contribution in [0.5, 0.6) is 0 Å². The Balaban J connectivity index is 2.02. The number of nitro benzene ring substituents is 1. The quantitative estimate of drug-likeness (QED) is 0.429. The third-order valence-electron chi connectivity index (χ3n) is 4.34. The maximum Gasteiger partial charge on any atom is 0.309 e. The van der Waals surface area contributed by atoms with Gasteiger partial charge in [-0.05, 0) is 29.2 Å². The zero-order chi connectivity index (χ0) is 19.9. The first-order valence-electron chi connectivity index (χ1n) is 8.66. The van der Waals surface area contributed by atoms with Crippen molar-refractivity contribution in [1.82, 2.24) is 0 Å². The van der Waals surface area contributed by atoms with Crippen LogP contribution in [-0.2, 0) is 16.1 Å². The molecule has 0 aliphatic heterocycles. The average molecular weight is 369 g/mol. The van der Waals surface area contributed by atoms with Crippen LogP contribution in [-0.4, -0.2) is 21.6 Å². The van der Waals surface area contributed by atoms with Crippen molar-refractivity contribution in [3.05, 3.63) is 81.9 Å². The summed E-state index contributed by atoms with van der Waals surface area (Å²) in [5.74, 6) is -0.723. The van der Waals surface area contributed by atoms with Gasteiger partial charge in [0.15, 0.2) is 0 Å². The van der Waals surface area contributed by atoms with Gasteiger partial charge in [0.05, 0.1) is 16.9 Å². The van der Waals surface area contributed by atoms with Crippen molar-refractivity contribution in [3.8, 4) is 0 Å². The minimum Gasteiger partial charge on any atom is -0.461 e. The van der Waals surface area contributed by atoms with E-state index < -0.39 is 16.5 Å². The first-order valence-corrected chi connectivity index (χ1v) is 8.66. The molecule has 0 saturated heterocycles. The van der Waals surface area contributed by atoms with Gasteiger partial charge in [0.25, 0.3) is 5.69 Å². The summed E-state index contributed by atoms with van der Waals surface area (Å²) in [5, 5.41) is 21.6. The molecule has 0 heterocycles. The second-order valence-corrected chi connectivity index (χ2v) is 6.65. The van der Waals surface area contributed by atoms with E-state index in [1.165, 1.54) is 12.1 Å². The van der Waals surface area contributed by atoms with Crippen LogP contribution in [0.3, 0.4) is 0 Å². The Morgan fingerprint density at radius 2 is 1.81 bits per heavy atom. The van der Waals surface area contributed by atoms with Crippen LogP contribution in [0.25, 0.3) is 6.08 Å². The number of nitro groups is 1. The smallest absolute Gasteiger partial charge is 0.309 e. The number of non-ortho nitro benzene ring substituents is 1. The lowest BCUT2D eigenvalue weighted by Crippen LogP contribution is -2.35. The topological polar surface area (TPSA) is 89.7 Å². The minimum absolute atomic E-state index is 0.00392. The number of hydrogen-bond acceptors (Lipinski definition) is 5. The minimum atomic E-state index is -1.38. The molecule has 2 rings (SSSR count). The summed E-state index contributed by atoms with van der Waals surface area (Å²) in [6, 6.07) is 15.3. The first kappa shape index (κ1) is 20.3. The van der Waals surface area contributed by atoms with E-state index in [4.69, 9.17) is 4.74 Å². The second-order valence-electron chi connectivity index (χ2n) is 6.65. The Morgan fingerprint density at radius 1 is 1.19 bits per heavy atom. The molecule has 0 aliphatic carbocycles. The van der Waals surface area contributed by atoms with Crippen LogP contribution in [0.4, 0.5) is 5.69 Å². The van der Waals surface area contributed by atoms with Crippen LogP contribution in [0.15, 0.2) is 60.7 Å². The van der Waals surface area contributed by atoms with Crippen LogP contribution >= 0.6 is 0 Å². The zero-order valence-corrected chi connectivity index (χ0v) is 15.4.